The minimum absolute atomic E-state index is 0.153. The lowest BCUT2D eigenvalue weighted by Gasteiger charge is -2.23. The molecule has 0 saturated carbocycles. The van der Waals surface area contributed by atoms with E-state index in [0.29, 0.717) is 54.1 Å². The van der Waals surface area contributed by atoms with Crippen LogP contribution in [0.25, 0.3) is 0 Å². The van der Waals surface area contributed by atoms with Crippen LogP contribution in [0.3, 0.4) is 0 Å². The van der Waals surface area contributed by atoms with Gasteiger partial charge in [0.25, 0.3) is 5.91 Å². The zero-order valence-corrected chi connectivity index (χ0v) is 15.9. The molecule has 144 valence electrons. The van der Waals surface area contributed by atoms with Gasteiger partial charge in [-0.15, -0.1) is 0 Å². The molecule has 2 aromatic rings. The van der Waals surface area contributed by atoms with Gasteiger partial charge in [0, 0.05) is 19.2 Å². The SMILES string of the molecule is COc1ccc(CN(C)C(=O)c2cc(OC)c3c(c2)OCCO3)cc1OC. The van der Waals surface area contributed by atoms with Gasteiger partial charge in [0.15, 0.2) is 23.0 Å². The summed E-state index contributed by atoms with van der Waals surface area (Å²) in [5, 5.41) is 0. The van der Waals surface area contributed by atoms with Gasteiger partial charge in [-0.1, -0.05) is 6.07 Å². The fourth-order valence-corrected chi connectivity index (χ4v) is 2.94. The van der Waals surface area contributed by atoms with E-state index in [1.54, 1.807) is 38.3 Å². The normalized spacial score (nSPS) is 12.3. The summed E-state index contributed by atoms with van der Waals surface area (Å²) in [6.45, 7) is 1.31. The number of carbonyl (C=O) groups is 1. The van der Waals surface area contributed by atoms with Gasteiger partial charge in [-0.05, 0) is 29.8 Å². The molecule has 1 aliphatic rings. The Hall–Kier alpha value is -3.09. The summed E-state index contributed by atoms with van der Waals surface area (Å²) in [6, 6.07) is 8.92. The van der Waals surface area contributed by atoms with E-state index in [1.165, 1.54) is 7.11 Å². The lowest BCUT2D eigenvalue weighted by Crippen LogP contribution is -2.26. The number of nitrogens with zero attached hydrogens (tertiary/aromatic N) is 1. The zero-order chi connectivity index (χ0) is 19.4. The summed E-state index contributed by atoms with van der Waals surface area (Å²) in [5.74, 6) is 2.64. The molecule has 7 heteroatoms. The number of fused-ring (bicyclic) bond motifs is 1. The van der Waals surface area contributed by atoms with E-state index in [0.717, 1.165) is 5.56 Å². The second-order valence-corrected chi connectivity index (χ2v) is 6.05. The quantitative estimate of drug-likeness (QED) is 0.776. The minimum Gasteiger partial charge on any atom is -0.493 e. The van der Waals surface area contributed by atoms with Crippen molar-refractivity contribution in [2.45, 2.75) is 6.54 Å². The predicted molar refractivity (Wildman–Crippen MR) is 99.3 cm³/mol. The number of methoxy groups -OCH3 is 3. The molecule has 0 fully saturated rings. The van der Waals surface area contributed by atoms with Crippen LogP contribution in [0.15, 0.2) is 30.3 Å². The summed E-state index contributed by atoms with van der Waals surface area (Å²) in [6.07, 6.45) is 0. The van der Waals surface area contributed by atoms with Crippen molar-refractivity contribution in [3.63, 3.8) is 0 Å². The minimum atomic E-state index is -0.153. The number of ether oxygens (including phenoxy) is 5. The third-order valence-electron chi connectivity index (χ3n) is 4.29. The lowest BCUT2D eigenvalue weighted by molar-refractivity contribution is 0.0783. The number of rotatable bonds is 6. The summed E-state index contributed by atoms with van der Waals surface area (Å²) in [7, 11) is 6.44. The monoisotopic (exact) mass is 373 g/mol. The van der Waals surface area contributed by atoms with E-state index in [2.05, 4.69) is 0 Å². The molecule has 0 aromatic heterocycles. The lowest BCUT2D eigenvalue weighted by atomic mass is 10.1. The topological polar surface area (TPSA) is 66.5 Å². The molecular weight excluding hydrogens is 350 g/mol. The molecular formula is C20H23NO6. The molecule has 0 spiro atoms. The van der Waals surface area contributed by atoms with Crippen LogP contribution >= 0.6 is 0 Å². The highest BCUT2D eigenvalue weighted by molar-refractivity contribution is 5.95. The van der Waals surface area contributed by atoms with Crippen LogP contribution in [-0.2, 0) is 6.54 Å². The maximum absolute atomic E-state index is 12.9. The molecule has 1 heterocycles. The van der Waals surface area contributed by atoms with Crippen LogP contribution in [0, 0.1) is 0 Å². The fourth-order valence-electron chi connectivity index (χ4n) is 2.94. The zero-order valence-electron chi connectivity index (χ0n) is 15.9. The van der Waals surface area contributed by atoms with Crippen LogP contribution in [0.5, 0.6) is 28.7 Å². The first-order valence-electron chi connectivity index (χ1n) is 8.51. The van der Waals surface area contributed by atoms with E-state index in [4.69, 9.17) is 23.7 Å². The molecule has 0 aliphatic carbocycles. The van der Waals surface area contributed by atoms with Crippen molar-refractivity contribution in [3.05, 3.63) is 41.5 Å². The molecule has 7 nitrogen and oxygen atoms in total. The fraction of sp³-hybridized carbons (Fsp3) is 0.350. The summed E-state index contributed by atoms with van der Waals surface area (Å²) < 4.78 is 27.1. The maximum Gasteiger partial charge on any atom is 0.254 e. The Balaban J connectivity index is 1.81. The first-order valence-corrected chi connectivity index (χ1v) is 8.51. The van der Waals surface area contributed by atoms with Gasteiger partial charge in [0.05, 0.1) is 21.3 Å². The van der Waals surface area contributed by atoms with E-state index < -0.39 is 0 Å². The molecule has 0 N–H and O–H groups in total. The van der Waals surface area contributed by atoms with Gasteiger partial charge in [-0.25, -0.2) is 0 Å². The van der Waals surface area contributed by atoms with Gasteiger partial charge in [-0.3, -0.25) is 4.79 Å². The largest absolute Gasteiger partial charge is 0.493 e. The number of hydrogen-bond donors (Lipinski definition) is 0. The molecule has 2 aromatic carbocycles. The van der Waals surface area contributed by atoms with E-state index in [1.807, 2.05) is 18.2 Å². The first kappa shape index (κ1) is 18.7. The van der Waals surface area contributed by atoms with Gasteiger partial charge >= 0.3 is 0 Å². The second-order valence-electron chi connectivity index (χ2n) is 6.05. The van der Waals surface area contributed by atoms with Crippen LogP contribution in [0.2, 0.25) is 0 Å². The van der Waals surface area contributed by atoms with Gasteiger partial charge in [0.1, 0.15) is 13.2 Å². The molecule has 27 heavy (non-hydrogen) atoms. The molecule has 0 atom stereocenters. The van der Waals surface area contributed by atoms with Crippen LogP contribution in [-0.4, -0.2) is 52.4 Å². The summed E-state index contributed by atoms with van der Waals surface area (Å²) in [4.78, 5) is 14.5. The Morgan fingerprint density at radius 3 is 2.37 bits per heavy atom. The van der Waals surface area contributed by atoms with Crippen molar-refractivity contribution in [2.24, 2.45) is 0 Å². The Morgan fingerprint density at radius 1 is 0.963 bits per heavy atom. The highest BCUT2D eigenvalue weighted by Crippen LogP contribution is 2.40. The number of carbonyl (C=O) groups excluding carboxylic acids is 1. The van der Waals surface area contributed by atoms with E-state index >= 15 is 0 Å². The number of hydrogen-bond acceptors (Lipinski definition) is 6. The van der Waals surface area contributed by atoms with Gasteiger partial charge < -0.3 is 28.6 Å². The van der Waals surface area contributed by atoms with E-state index in [9.17, 15) is 4.79 Å². The van der Waals surface area contributed by atoms with Crippen molar-refractivity contribution in [1.82, 2.24) is 4.90 Å². The van der Waals surface area contributed by atoms with Crippen molar-refractivity contribution < 1.29 is 28.5 Å². The predicted octanol–water partition coefficient (Wildman–Crippen LogP) is 2.76. The molecule has 0 unspecified atom stereocenters. The Morgan fingerprint density at radius 2 is 1.67 bits per heavy atom. The number of amides is 1. The van der Waals surface area contributed by atoms with Crippen molar-refractivity contribution >= 4 is 5.91 Å². The summed E-state index contributed by atoms with van der Waals surface area (Å²) >= 11 is 0. The molecule has 0 saturated heterocycles. The second kappa shape index (κ2) is 8.07. The molecule has 3 rings (SSSR count). The van der Waals surface area contributed by atoms with Gasteiger partial charge in [-0.2, -0.15) is 0 Å². The van der Waals surface area contributed by atoms with Crippen LogP contribution in [0.1, 0.15) is 15.9 Å². The van der Waals surface area contributed by atoms with E-state index in [-0.39, 0.29) is 5.91 Å². The maximum atomic E-state index is 12.9. The van der Waals surface area contributed by atoms with Crippen LogP contribution in [0.4, 0.5) is 0 Å². The molecule has 0 bridgehead atoms. The Labute approximate surface area is 158 Å². The average Bonchev–Trinajstić information content (AvgIpc) is 2.72. The Bertz CT molecular complexity index is 818. The molecule has 1 amide bonds. The summed E-state index contributed by atoms with van der Waals surface area (Å²) in [5.41, 5.74) is 1.40. The Kier molecular flexibility index (Phi) is 5.59. The smallest absolute Gasteiger partial charge is 0.254 e. The highest BCUT2D eigenvalue weighted by atomic mass is 16.6. The average molecular weight is 373 g/mol. The van der Waals surface area contributed by atoms with Crippen molar-refractivity contribution in [1.29, 1.82) is 0 Å². The van der Waals surface area contributed by atoms with Gasteiger partial charge in [0.2, 0.25) is 5.75 Å². The van der Waals surface area contributed by atoms with Crippen molar-refractivity contribution in [2.75, 3.05) is 41.6 Å². The number of benzene rings is 2. The standard InChI is InChI=1S/C20H23NO6/c1-21(12-13-5-6-15(23-2)16(9-13)24-3)20(22)14-10-17(25-4)19-18(11-14)26-7-8-27-19/h5-6,9-11H,7-8,12H2,1-4H3. The van der Waals surface area contributed by atoms with Crippen LogP contribution < -0.4 is 23.7 Å². The molecule has 1 aliphatic heterocycles. The highest BCUT2D eigenvalue weighted by Gasteiger charge is 2.22. The molecule has 0 radical (unpaired) electrons. The third-order valence-corrected chi connectivity index (χ3v) is 4.29. The third kappa shape index (κ3) is 3.86. The van der Waals surface area contributed by atoms with Crippen molar-refractivity contribution in [3.8, 4) is 28.7 Å². The first-order chi connectivity index (χ1) is 13.1.